The van der Waals surface area contributed by atoms with Crippen molar-refractivity contribution in [3.05, 3.63) is 169 Å². The number of nitrogens with zero attached hydrogens (tertiary/aromatic N) is 3. The highest BCUT2D eigenvalue weighted by molar-refractivity contribution is 6.12. The number of aromatic nitrogens is 3. The Kier molecular flexibility index (Phi) is 6.04. The highest BCUT2D eigenvalue weighted by atomic mass is 15.0. The van der Waals surface area contributed by atoms with Gasteiger partial charge in [-0.1, -0.05) is 97.8 Å². The van der Waals surface area contributed by atoms with Crippen LogP contribution in [0.2, 0.25) is 0 Å². The third-order valence-corrected chi connectivity index (χ3v) is 12.1. The molecule has 0 N–H and O–H groups in total. The Bertz CT molecular complexity index is 2980. The van der Waals surface area contributed by atoms with E-state index in [4.69, 9.17) is 0 Å². The van der Waals surface area contributed by atoms with Crippen LogP contribution in [0.5, 0.6) is 0 Å². The van der Waals surface area contributed by atoms with Crippen molar-refractivity contribution in [1.29, 1.82) is 0 Å². The summed E-state index contributed by atoms with van der Waals surface area (Å²) in [7, 11) is 2.17. The molecule has 10 aromatic rings. The van der Waals surface area contributed by atoms with Gasteiger partial charge in [0.05, 0.1) is 22.1 Å². The van der Waals surface area contributed by atoms with Gasteiger partial charge in [0.15, 0.2) is 0 Å². The van der Waals surface area contributed by atoms with Crippen LogP contribution in [0.1, 0.15) is 36.8 Å². The lowest BCUT2D eigenvalue weighted by molar-refractivity contribution is 0.536. The van der Waals surface area contributed by atoms with Crippen LogP contribution in [-0.2, 0) is 12.5 Å². The van der Waals surface area contributed by atoms with Crippen LogP contribution in [0.4, 0.5) is 0 Å². The minimum Gasteiger partial charge on any atom is -0.344 e. The summed E-state index contributed by atoms with van der Waals surface area (Å²) in [4.78, 5) is 0. The topological polar surface area (TPSA) is 14.8 Å². The summed E-state index contributed by atoms with van der Waals surface area (Å²) in [6, 6.07) is 59.0. The molecule has 0 unspecified atom stereocenters. The Balaban J connectivity index is 1.11. The van der Waals surface area contributed by atoms with Gasteiger partial charge in [-0.05, 0) is 96.8 Å². The molecule has 1 saturated carbocycles. The lowest BCUT2D eigenvalue weighted by Gasteiger charge is -2.31. The van der Waals surface area contributed by atoms with Gasteiger partial charge in [0.25, 0.3) is 0 Å². The molecule has 0 bridgehead atoms. The number of aryl methyl sites for hydroxylation is 1. The van der Waals surface area contributed by atoms with E-state index in [9.17, 15) is 0 Å². The average molecular weight is 656 g/mol. The Morgan fingerprint density at radius 2 is 0.804 bits per heavy atom. The summed E-state index contributed by atoms with van der Waals surface area (Å²) in [5, 5.41) is 7.87. The second kappa shape index (κ2) is 10.7. The molecule has 1 fully saturated rings. The Morgan fingerprint density at radius 3 is 1.41 bits per heavy atom. The summed E-state index contributed by atoms with van der Waals surface area (Å²) < 4.78 is 7.21. The molecule has 3 heteroatoms. The largest absolute Gasteiger partial charge is 0.344 e. The summed E-state index contributed by atoms with van der Waals surface area (Å²) in [5.74, 6) is 0. The Labute approximate surface area is 296 Å². The van der Waals surface area contributed by atoms with Gasteiger partial charge in [-0.25, -0.2) is 0 Å². The fourth-order valence-corrected chi connectivity index (χ4v) is 9.69. The van der Waals surface area contributed by atoms with Crippen LogP contribution in [0.15, 0.2) is 158 Å². The normalized spacial score (nSPS) is 14.6. The van der Waals surface area contributed by atoms with E-state index in [1.165, 1.54) is 101 Å². The molecule has 3 aromatic heterocycles. The SMILES string of the molecule is Cn1c2ccccc2c2cc(-n3c4ccccc4c4cc(C5(c6ccc7c(c6)c6ccccc6n7-c6ccccc6)CCCC5)ccc43)ccc21. The van der Waals surface area contributed by atoms with Gasteiger partial charge in [0.1, 0.15) is 0 Å². The Hall–Kier alpha value is -6.06. The fraction of sp³-hybridized carbons (Fsp3) is 0.125. The lowest BCUT2D eigenvalue weighted by atomic mass is 9.72. The molecular weight excluding hydrogens is 619 g/mol. The summed E-state index contributed by atoms with van der Waals surface area (Å²) in [6.07, 6.45) is 4.82. The molecule has 0 amide bonds. The molecule has 0 radical (unpaired) electrons. The number of para-hydroxylation sites is 4. The summed E-state index contributed by atoms with van der Waals surface area (Å²) in [6.45, 7) is 0. The summed E-state index contributed by atoms with van der Waals surface area (Å²) >= 11 is 0. The molecular formula is C48H37N3. The van der Waals surface area contributed by atoms with Crippen molar-refractivity contribution < 1.29 is 0 Å². The highest BCUT2D eigenvalue weighted by Gasteiger charge is 2.38. The molecule has 3 nitrogen and oxygen atoms in total. The molecule has 51 heavy (non-hydrogen) atoms. The minimum atomic E-state index is -0.0244. The van der Waals surface area contributed by atoms with Gasteiger partial charge >= 0.3 is 0 Å². The highest BCUT2D eigenvalue weighted by Crippen LogP contribution is 2.49. The molecule has 244 valence electrons. The van der Waals surface area contributed by atoms with E-state index in [0.29, 0.717) is 0 Å². The first-order valence-electron chi connectivity index (χ1n) is 18.3. The van der Waals surface area contributed by atoms with Gasteiger partial charge in [-0.3, -0.25) is 0 Å². The van der Waals surface area contributed by atoms with E-state index >= 15 is 0 Å². The zero-order chi connectivity index (χ0) is 33.7. The molecule has 7 aromatic carbocycles. The molecule has 1 aliphatic carbocycles. The predicted octanol–water partition coefficient (Wildman–Crippen LogP) is 12.4. The van der Waals surface area contributed by atoms with E-state index in [-0.39, 0.29) is 5.41 Å². The van der Waals surface area contributed by atoms with E-state index in [1.54, 1.807) is 0 Å². The zero-order valence-electron chi connectivity index (χ0n) is 28.7. The molecule has 0 saturated heterocycles. The fourth-order valence-electron chi connectivity index (χ4n) is 9.69. The van der Waals surface area contributed by atoms with Crippen LogP contribution in [0.25, 0.3) is 76.8 Å². The van der Waals surface area contributed by atoms with Gasteiger partial charge < -0.3 is 13.7 Å². The standard InChI is InChI=1S/C48H37N3/c1-49-42-18-8-5-15-36(42)41-31-35(23-26-43(41)49)51-45-20-10-7-17-38(45)40-30-33(22-25-47(40)51)48(27-11-12-28-48)32-21-24-46-39(29-32)37-16-6-9-19-44(37)50(46)34-13-3-2-4-14-34/h2-10,13-26,29-31H,11-12,27-28H2,1H3. The first kappa shape index (κ1) is 28.7. The van der Waals surface area contributed by atoms with Crippen LogP contribution >= 0.6 is 0 Å². The lowest BCUT2D eigenvalue weighted by Crippen LogP contribution is -2.23. The maximum Gasteiger partial charge on any atom is 0.0541 e. The minimum absolute atomic E-state index is 0.0244. The van der Waals surface area contributed by atoms with E-state index in [0.717, 1.165) is 12.8 Å². The van der Waals surface area contributed by atoms with Crippen LogP contribution in [0.3, 0.4) is 0 Å². The van der Waals surface area contributed by atoms with Crippen LogP contribution in [0, 0.1) is 0 Å². The van der Waals surface area contributed by atoms with Crippen LogP contribution < -0.4 is 0 Å². The van der Waals surface area contributed by atoms with Crippen molar-refractivity contribution in [1.82, 2.24) is 13.7 Å². The van der Waals surface area contributed by atoms with Gasteiger partial charge in [0.2, 0.25) is 0 Å². The maximum absolute atomic E-state index is 2.54. The quantitative estimate of drug-likeness (QED) is 0.179. The number of fused-ring (bicyclic) bond motifs is 9. The number of benzene rings is 7. The number of hydrogen-bond acceptors (Lipinski definition) is 0. The van der Waals surface area contributed by atoms with Crippen molar-refractivity contribution in [2.24, 2.45) is 7.05 Å². The summed E-state index contributed by atoms with van der Waals surface area (Å²) in [5.41, 5.74) is 12.8. The van der Waals surface area contributed by atoms with Gasteiger partial charge in [0, 0.05) is 67.2 Å². The molecule has 0 atom stereocenters. The molecule has 1 aliphatic rings. The number of rotatable bonds is 4. The number of hydrogen-bond donors (Lipinski definition) is 0. The first-order chi connectivity index (χ1) is 25.2. The van der Waals surface area contributed by atoms with Crippen molar-refractivity contribution in [2.45, 2.75) is 31.1 Å². The van der Waals surface area contributed by atoms with Crippen molar-refractivity contribution in [2.75, 3.05) is 0 Å². The first-order valence-corrected chi connectivity index (χ1v) is 18.3. The smallest absolute Gasteiger partial charge is 0.0541 e. The van der Waals surface area contributed by atoms with E-state index in [2.05, 4.69) is 178 Å². The predicted molar refractivity (Wildman–Crippen MR) is 215 cm³/mol. The van der Waals surface area contributed by atoms with Crippen molar-refractivity contribution in [3.8, 4) is 11.4 Å². The zero-order valence-corrected chi connectivity index (χ0v) is 28.7. The monoisotopic (exact) mass is 655 g/mol. The third kappa shape index (κ3) is 4.00. The third-order valence-electron chi connectivity index (χ3n) is 12.1. The van der Waals surface area contributed by atoms with Gasteiger partial charge in [-0.15, -0.1) is 0 Å². The second-order valence-electron chi connectivity index (χ2n) is 14.6. The van der Waals surface area contributed by atoms with Crippen molar-refractivity contribution >= 4 is 65.4 Å². The van der Waals surface area contributed by atoms with Gasteiger partial charge in [-0.2, -0.15) is 0 Å². The van der Waals surface area contributed by atoms with Crippen molar-refractivity contribution in [3.63, 3.8) is 0 Å². The van der Waals surface area contributed by atoms with E-state index in [1.807, 2.05) is 0 Å². The average Bonchev–Trinajstić information content (AvgIpc) is 3.96. The Morgan fingerprint density at radius 1 is 0.373 bits per heavy atom. The van der Waals surface area contributed by atoms with E-state index < -0.39 is 0 Å². The molecule has 11 rings (SSSR count). The molecule has 0 aliphatic heterocycles. The molecule has 3 heterocycles. The maximum atomic E-state index is 2.54. The van der Waals surface area contributed by atoms with Crippen LogP contribution in [-0.4, -0.2) is 13.7 Å². The second-order valence-corrected chi connectivity index (χ2v) is 14.6. The molecule has 0 spiro atoms.